The standard InChI is InChI=1S/C5H4F2N2O2S2/c6-5(7,3(10)11)1-12-4-8-2-9-13-4/h2H,1H2,(H,10,11). The third kappa shape index (κ3) is 2.88. The highest BCUT2D eigenvalue weighted by Gasteiger charge is 2.38. The van der Waals surface area contributed by atoms with Gasteiger partial charge >= 0.3 is 11.9 Å². The van der Waals surface area contributed by atoms with Crippen LogP contribution in [0.25, 0.3) is 0 Å². The summed E-state index contributed by atoms with van der Waals surface area (Å²) in [6.45, 7) is 0. The van der Waals surface area contributed by atoms with Gasteiger partial charge in [0.2, 0.25) is 0 Å². The molecule has 1 aromatic heterocycles. The first-order chi connectivity index (χ1) is 6.02. The normalized spacial score (nSPS) is 11.5. The van der Waals surface area contributed by atoms with E-state index in [9.17, 15) is 13.6 Å². The maximum atomic E-state index is 12.5. The van der Waals surface area contributed by atoms with Crippen LogP contribution in [0.4, 0.5) is 8.78 Å². The first-order valence-corrected chi connectivity index (χ1v) is 4.79. The Kier molecular flexibility index (Phi) is 3.15. The van der Waals surface area contributed by atoms with E-state index in [1.165, 1.54) is 6.33 Å². The zero-order valence-electron chi connectivity index (χ0n) is 6.11. The van der Waals surface area contributed by atoms with Gasteiger partial charge in [-0.2, -0.15) is 13.2 Å². The summed E-state index contributed by atoms with van der Waals surface area (Å²) in [7, 11) is 0. The van der Waals surface area contributed by atoms with Crippen molar-refractivity contribution in [1.29, 1.82) is 0 Å². The topological polar surface area (TPSA) is 63.1 Å². The first-order valence-electron chi connectivity index (χ1n) is 3.03. The van der Waals surface area contributed by atoms with Crippen LogP contribution in [0.3, 0.4) is 0 Å². The number of thioether (sulfide) groups is 1. The second kappa shape index (κ2) is 3.97. The Balaban J connectivity index is 2.47. The van der Waals surface area contributed by atoms with Gasteiger partial charge in [0.25, 0.3) is 0 Å². The Bertz CT molecular complexity index is 291. The second-order valence-corrected chi connectivity index (χ2v) is 4.01. The zero-order chi connectivity index (χ0) is 9.90. The summed E-state index contributed by atoms with van der Waals surface area (Å²) in [5.41, 5.74) is 0. The number of nitrogens with zero attached hydrogens (tertiary/aromatic N) is 2. The van der Waals surface area contributed by atoms with Crippen LogP contribution in [-0.4, -0.2) is 32.1 Å². The van der Waals surface area contributed by atoms with Crippen LogP contribution in [0.1, 0.15) is 0 Å². The Hall–Kier alpha value is -0.760. The predicted octanol–water partition coefficient (Wildman–Crippen LogP) is 1.35. The molecule has 1 aromatic rings. The highest BCUT2D eigenvalue weighted by molar-refractivity contribution is 8.01. The molecule has 0 saturated heterocycles. The number of carbonyl (C=O) groups is 1. The molecule has 13 heavy (non-hydrogen) atoms. The smallest absolute Gasteiger partial charge is 0.375 e. The SMILES string of the molecule is O=C(O)C(F)(F)CSc1ncns1. The summed E-state index contributed by atoms with van der Waals surface area (Å²) < 4.78 is 28.9. The third-order valence-electron chi connectivity index (χ3n) is 1.03. The van der Waals surface area contributed by atoms with E-state index < -0.39 is 17.6 Å². The van der Waals surface area contributed by atoms with E-state index in [4.69, 9.17) is 5.11 Å². The largest absolute Gasteiger partial charge is 0.477 e. The average molecular weight is 226 g/mol. The Morgan fingerprint density at radius 1 is 1.77 bits per heavy atom. The van der Waals surface area contributed by atoms with Crippen molar-refractivity contribution in [3.63, 3.8) is 0 Å². The van der Waals surface area contributed by atoms with Crippen LogP contribution >= 0.6 is 23.3 Å². The first kappa shape index (κ1) is 10.3. The number of rotatable bonds is 4. The fourth-order valence-electron chi connectivity index (χ4n) is 0.441. The number of halogens is 2. The van der Waals surface area contributed by atoms with E-state index in [0.29, 0.717) is 16.1 Å². The summed E-state index contributed by atoms with van der Waals surface area (Å²) in [5.74, 6) is -6.65. The third-order valence-corrected chi connectivity index (χ3v) is 2.93. The lowest BCUT2D eigenvalue weighted by Gasteiger charge is -2.07. The molecule has 8 heteroatoms. The number of hydrogen-bond acceptors (Lipinski definition) is 5. The van der Waals surface area contributed by atoms with Gasteiger partial charge in [0.15, 0.2) is 4.34 Å². The van der Waals surface area contributed by atoms with Gasteiger partial charge in [0.05, 0.1) is 5.75 Å². The molecule has 0 bridgehead atoms. The minimum absolute atomic E-state index is 0.334. The lowest BCUT2D eigenvalue weighted by Crippen LogP contribution is -2.30. The average Bonchev–Trinajstić information content (AvgIpc) is 2.52. The minimum atomic E-state index is -3.71. The van der Waals surface area contributed by atoms with Crippen molar-refractivity contribution in [3.8, 4) is 0 Å². The number of carboxylic acid groups (broad SMARTS) is 1. The number of carboxylic acids is 1. The molecule has 0 atom stereocenters. The van der Waals surface area contributed by atoms with Gasteiger partial charge in [0.1, 0.15) is 6.33 Å². The van der Waals surface area contributed by atoms with Gasteiger partial charge in [-0.3, -0.25) is 0 Å². The van der Waals surface area contributed by atoms with Crippen molar-refractivity contribution in [2.45, 2.75) is 10.3 Å². The summed E-state index contributed by atoms with van der Waals surface area (Å²) in [6, 6.07) is 0. The van der Waals surface area contributed by atoms with Crippen LogP contribution < -0.4 is 0 Å². The van der Waals surface area contributed by atoms with E-state index in [1.807, 2.05) is 0 Å². The van der Waals surface area contributed by atoms with Crippen molar-refractivity contribution in [2.24, 2.45) is 0 Å². The molecule has 1 heterocycles. The van der Waals surface area contributed by atoms with Gasteiger partial charge in [-0.05, 0) is 11.5 Å². The Labute approximate surface area is 80.2 Å². The van der Waals surface area contributed by atoms with E-state index in [0.717, 1.165) is 11.5 Å². The van der Waals surface area contributed by atoms with Crippen LogP contribution in [-0.2, 0) is 4.79 Å². The highest BCUT2D eigenvalue weighted by atomic mass is 32.2. The Morgan fingerprint density at radius 3 is 2.92 bits per heavy atom. The molecule has 0 amide bonds. The molecule has 0 aliphatic heterocycles. The monoisotopic (exact) mass is 226 g/mol. The second-order valence-electron chi connectivity index (χ2n) is 2.01. The van der Waals surface area contributed by atoms with Gasteiger partial charge in [0, 0.05) is 0 Å². The lowest BCUT2D eigenvalue weighted by atomic mass is 10.4. The van der Waals surface area contributed by atoms with Crippen LogP contribution in [0.2, 0.25) is 0 Å². The molecule has 0 unspecified atom stereocenters. The van der Waals surface area contributed by atoms with Gasteiger partial charge in [-0.25, -0.2) is 9.78 Å². The molecule has 1 N–H and O–H groups in total. The molecule has 0 saturated carbocycles. The van der Waals surface area contributed by atoms with Crippen molar-refractivity contribution in [2.75, 3.05) is 5.75 Å². The number of aliphatic carboxylic acids is 1. The molecular weight excluding hydrogens is 222 g/mol. The highest BCUT2D eigenvalue weighted by Crippen LogP contribution is 2.26. The lowest BCUT2D eigenvalue weighted by molar-refractivity contribution is -0.161. The molecule has 0 aliphatic rings. The predicted molar refractivity (Wildman–Crippen MR) is 43.2 cm³/mol. The summed E-state index contributed by atoms with van der Waals surface area (Å²) >= 11 is 1.63. The maximum absolute atomic E-state index is 12.5. The van der Waals surface area contributed by atoms with Crippen molar-refractivity contribution >= 4 is 29.3 Å². The molecule has 4 nitrogen and oxygen atoms in total. The quantitative estimate of drug-likeness (QED) is 0.785. The summed E-state index contributed by atoms with van der Waals surface area (Å²) in [5, 5.41) is 8.07. The van der Waals surface area contributed by atoms with E-state index in [-0.39, 0.29) is 0 Å². The molecule has 0 radical (unpaired) electrons. The number of hydrogen-bond donors (Lipinski definition) is 1. The van der Waals surface area contributed by atoms with E-state index in [2.05, 4.69) is 9.36 Å². The van der Waals surface area contributed by atoms with Crippen LogP contribution in [0, 0.1) is 0 Å². The fourth-order valence-corrected chi connectivity index (χ4v) is 1.79. The zero-order valence-corrected chi connectivity index (χ0v) is 7.74. The van der Waals surface area contributed by atoms with Gasteiger partial charge in [-0.1, -0.05) is 11.8 Å². The molecular formula is C5H4F2N2O2S2. The summed E-state index contributed by atoms with van der Waals surface area (Å²) in [6.07, 6.45) is 1.23. The minimum Gasteiger partial charge on any atom is -0.477 e. The van der Waals surface area contributed by atoms with Crippen LogP contribution in [0.5, 0.6) is 0 Å². The number of alkyl halides is 2. The molecule has 72 valence electrons. The molecule has 0 fully saturated rings. The number of aromatic nitrogens is 2. The fraction of sp³-hybridized carbons (Fsp3) is 0.400. The molecule has 0 spiro atoms. The van der Waals surface area contributed by atoms with E-state index >= 15 is 0 Å². The van der Waals surface area contributed by atoms with Gasteiger partial charge in [-0.15, -0.1) is 0 Å². The molecule has 1 rings (SSSR count). The summed E-state index contributed by atoms with van der Waals surface area (Å²) in [4.78, 5) is 13.6. The molecule has 0 aromatic carbocycles. The molecule has 0 aliphatic carbocycles. The van der Waals surface area contributed by atoms with E-state index in [1.54, 1.807) is 0 Å². The Morgan fingerprint density at radius 2 is 2.46 bits per heavy atom. The van der Waals surface area contributed by atoms with Crippen molar-refractivity contribution < 1.29 is 18.7 Å². The van der Waals surface area contributed by atoms with Crippen molar-refractivity contribution in [1.82, 2.24) is 9.36 Å². The van der Waals surface area contributed by atoms with Gasteiger partial charge < -0.3 is 5.11 Å². The van der Waals surface area contributed by atoms with Crippen LogP contribution in [0.15, 0.2) is 10.7 Å². The van der Waals surface area contributed by atoms with Crippen molar-refractivity contribution in [3.05, 3.63) is 6.33 Å². The maximum Gasteiger partial charge on any atom is 0.375 e.